The molecule has 1 aliphatic heterocycles. The molecule has 114 valence electrons. The number of hydrogen-bond donors (Lipinski definition) is 1. The van der Waals surface area contributed by atoms with Crippen molar-refractivity contribution in [3.05, 3.63) is 17.5 Å². The van der Waals surface area contributed by atoms with Crippen LogP contribution in [0.3, 0.4) is 0 Å². The predicted octanol–water partition coefficient (Wildman–Crippen LogP) is 2.65. The van der Waals surface area contributed by atoms with Crippen LogP contribution in [0.4, 0.5) is 0 Å². The van der Waals surface area contributed by atoms with Gasteiger partial charge in [0.2, 0.25) is 0 Å². The zero-order valence-electron chi connectivity index (χ0n) is 12.8. The van der Waals surface area contributed by atoms with Gasteiger partial charge in [-0.05, 0) is 40.0 Å². The van der Waals surface area contributed by atoms with Crippen LogP contribution in [0.2, 0.25) is 0 Å². The van der Waals surface area contributed by atoms with E-state index in [2.05, 4.69) is 31.2 Å². The van der Waals surface area contributed by atoms with Gasteiger partial charge in [0, 0.05) is 24.8 Å². The Hall–Kier alpha value is -0.910. The molecule has 1 aromatic rings. The first-order chi connectivity index (χ1) is 9.53. The normalized spacial score (nSPS) is 20.2. The minimum atomic E-state index is 0.0773. The van der Waals surface area contributed by atoms with Crippen molar-refractivity contribution < 1.29 is 14.0 Å². The third-order valence-corrected chi connectivity index (χ3v) is 3.23. The lowest BCUT2D eigenvalue weighted by Gasteiger charge is -2.21. The molecule has 5 nitrogen and oxygen atoms in total. The van der Waals surface area contributed by atoms with E-state index in [0.717, 1.165) is 24.5 Å². The summed E-state index contributed by atoms with van der Waals surface area (Å²) >= 11 is 0. The second-order valence-electron chi connectivity index (χ2n) is 6.39. The fourth-order valence-electron chi connectivity index (χ4n) is 2.09. The quantitative estimate of drug-likeness (QED) is 0.869. The molecule has 0 amide bonds. The smallest absolute Gasteiger partial charge is 0.162 e. The number of rotatable bonds is 6. The highest BCUT2D eigenvalue weighted by Gasteiger charge is 2.15. The zero-order chi connectivity index (χ0) is 14.4. The molecule has 1 N–H and O–H groups in total. The summed E-state index contributed by atoms with van der Waals surface area (Å²) in [7, 11) is 0. The molecule has 0 spiro atoms. The SMILES string of the molecule is CC(C)(C)NCc1cc(COCC2CCCCO2)on1. The molecule has 1 saturated heterocycles. The van der Waals surface area contributed by atoms with Crippen LogP contribution in [0.15, 0.2) is 10.6 Å². The molecule has 0 aliphatic carbocycles. The lowest BCUT2D eigenvalue weighted by Crippen LogP contribution is -2.35. The third-order valence-electron chi connectivity index (χ3n) is 3.23. The molecule has 2 heterocycles. The van der Waals surface area contributed by atoms with Crippen LogP contribution < -0.4 is 5.32 Å². The van der Waals surface area contributed by atoms with E-state index in [9.17, 15) is 0 Å². The van der Waals surface area contributed by atoms with Crippen LogP contribution in [0, 0.1) is 0 Å². The highest BCUT2D eigenvalue weighted by Crippen LogP contribution is 2.14. The van der Waals surface area contributed by atoms with Gasteiger partial charge in [0.1, 0.15) is 6.61 Å². The Balaban J connectivity index is 1.67. The molecular weight excluding hydrogens is 256 g/mol. The van der Waals surface area contributed by atoms with Gasteiger partial charge in [0.05, 0.1) is 18.4 Å². The zero-order valence-corrected chi connectivity index (χ0v) is 12.8. The van der Waals surface area contributed by atoms with Gasteiger partial charge in [-0.25, -0.2) is 0 Å². The highest BCUT2D eigenvalue weighted by atomic mass is 16.5. The van der Waals surface area contributed by atoms with Gasteiger partial charge >= 0.3 is 0 Å². The Bertz CT molecular complexity index is 392. The summed E-state index contributed by atoms with van der Waals surface area (Å²) in [6.45, 7) is 9.04. The van der Waals surface area contributed by atoms with Gasteiger partial charge in [-0.3, -0.25) is 0 Å². The summed E-state index contributed by atoms with van der Waals surface area (Å²) < 4.78 is 16.5. The molecule has 1 fully saturated rings. The molecule has 1 atom stereocenters. The Morgan fingerprint density at radius 1 is 1.40 bits per heavy atom. The van der Waals surface area contributed by atoms with Gasteiger partial charge in [0.15, 0.2) is 5.76 Å². The molecule has 1 unspecified atom stereocenters. The Labute approximate surface area is 121 Å². The number of ether oxygens (including phenoxy) is 2. The predicted molar refractivity (Wildman–Crippen MR) is 76.3 cm³/mol. The molecule has 0 aromatic carbocycles. The summed E-state index contributed by atoms with van der Waals surface area (Å²) in [5.41, 5.74) is 0.987. The van der Waals surface area contributed by atoms with Crippen LogP contribution in [0.25, 0.3) is 0 Å². The average Bonchev–Trinajstić information content (AvgIpc) is 2.85. The van der Waals surface area contributed by atoms with Crippen molar-refractivity contribution in [2.75, 3.05) is 13.2 Å². The number of nitrogens with zero attached hydrogens (tertiary/aromatic N) is 1. The van der Waals surface area contributed by atoms with E-state index in [1.54, 1.807) is 0 Å². The van der Waals surface area contributed by atoms with Gasteiger partial charge in [-0.2, -0.15) is 0 Å². The molecule has 5 heteroatoms. The van der Waals surface area contributed by atoms with Crippen molar-refractivity contribution in [1.82, 2.24) is 10.5 Å². The third kappa shape index (κ3) is 5.61. The maximum absolute atomic E-state index is 5.64. The molecule has 1 aliphatic rings. The fourth-order valence-corrected chi connectivity index (χ4v) is 2.09. The molecule has 20 heavy (non-hydrogen) atoms. The standard InChI is InChI=1S/C15H26N2O3/c1-15(2,3)16-9-12-8-14(20-17-12)11-18-10-13-6-4-5-7-19-13/h8,13,16H,4-7,9-11H2,1-3H3. The van der Waals surface area contributed by atoms with Crippen molar-refractivity contribution >= 4 is 0 Å². The van der Waals surface area contributed by atoms with E-state index < -0.39 is 0 Å². The summed E-state index contributed by atoms with van der Waals surface area (Å²) in [6.07, 6.45) is 3.74. The molecule has 0 radical (unpaired) electrons. The topological polar surface area (TPSA) is 56.5 Å². The van der Waals surface area contributed by atoms with E-state index >= 15 is 0 Å². The lowest BCUT2D eigenvalue weighted by molar-refractivity contribution is -0.0477. The Kier molecular flexibility index (Phi) is 5.57. The van der Waals surface area contributed by atoms with Crippen LogP contribution in [0.1, 0.15) is 51.5 Å². The molecular formula is C15H26N2O3. The van der Waals surface area contributed by atoms with Crippen LogP contribution in [0.5, 0.6) is 0 Å². The molecule has 2 rings (SSSR count). The Morgan fingerprint density at radius 2 is 2.25 bits per heavy atom. The summed E-state index contributed by atoms with van der Waals surface area (Å²) in [5, 5.41) is 7.41. The minimum absolute atomic E-state index is 0.0773. The highest BCUT2D eigenvalue weighted by molar-refractivity contribution is 5.04. The monoisotopic (exact) mass is 282 g/mol. The van der Waals surface area contributed by atoms with Crippen LogP contribution in [-0.4, -0.2) is 30.0 Å². The van der Waals surface area contributed by atoms with E-state index in [-0.39, 0.29) is 11.6 Å². The number of aromatic nitrogens is 1. The van der Waals surface area contributed by atoms with Crippen molar-refractivity contribution in [1.29, 1.82) is 0 Å². The summed E-state index contributed by atoms with van der Waals surface area (Å²) in [4.78, 5) is 0. The van der Waals surface area contributed by atoms with Crippen molar-refractivity contribution in [3.63, 3.8) is 0 Å². The van der Waals surface area contributed by atoms with Gasteiger partial charge in [-0.1, -0.05) is 5.16 Å². The van der Waals surface area contributed by atoms with Gasteiger partial charge in [-0.15, -0.1) is 0 Å². The minimum Gasteiger partial charge on any atom is -0.376 e. The largest absolute Gasteiger partial charge is 0.376 e. The maximum Gasteiger partial charge on any atom is 0.162 e. The van der Waals surface area contributed by atoms with Crippen molar-refractivity contribution in [3.8, 4) is 0 Å². The second kappa shape index (κ2) is 7.20. The van der Waals surface area contributed by atoms with E-state index in [1.807, 2.05) is 6.07 Å². The first kappa shape index (κ1) is 15.5. The first-order valence-corrected chi connectivity index (χ1v) is 7.42. The average molecular weight is 282 g/mol. The molecule has 1 aromatic heterocycles. The maximum atomic E-state index is 5.64. The summed E-state index contributed by atoms with van der Waals surface area (Å²) in [5.74, 6) is 0.770. The van der Waals surface area contributed by atoms with Crippen LogP contribution in [-0.2, 0) is 22.6 Å². The van der Waals surface area contributed by atoms with Gasteiger partial charge < -0.3 is 19.3 Å². The fraction of sp³-hybridized carbons (Fsp3) is 0.800. The van der Waals surface area contributed by atoms with Crippen molar-refractivity contribution in [2.45, 2.75) is 64.8 Å². The number of nitrogens with one attached hydrogen (secondary N) is 1. The Morgan fingerprint density at radius 3 is 2.95 bits per heavy atom. The van der Waals surface area contributed by atoms with E-state index in [4.69, 9.17) is 14.0 Å². The summed E-state index contributed by atoms with van der Waals surface area (Å²) in [6, 6.07) is 1.94. The molecule has 0 saturated carbocycles. The van der Waals surface area contributed by atoms with E-state index in [1.165, 1.54) is 12.8 Å². The second-order valence-corrected chi connectivity index (χ2v) is 6.39. The van der Waals surface area contributed by atoms with Crippen LogP contribution >= 0.6 is 0 Å². The van der Waals surface area contributed by atoms with Gasteiger partial charge in [0.25, 0.3) is 0 Å². The van der Waals surface area contributed by atoms with Crippen molar-refractivity contribution in [2.24, 2.45) is 0 Å². The molecule has 0 bridgehead atoms. The van der Waals surface area contributed by atoms with E-state index in [0.29, 0.717) is 19.8 Å². The number of hydrogen-bond acceptors (Lipinski definition) is 5. The lowest BCUT2D eigenvalue weighted by atomic mass is 10.1. The first-order valence-electron chi connectivity index (χ1n) is 7.42.